The number of ether oxygens (including phenoxy) is 1. The van der Waals surface area contributed by atoms with Crippen LogP contribution in [0, 0.1) is 5.92 Å². The summed E-state index contributed by atoms with van der Waals surface area (Å²) in [5.74, 6) is -0.188. The molecule has 3 fully saturated rings. The third kappa shape index (κ3) is 3.63. The van der Waals surface area contributed by atoms with Gasteiger partial charge in [-0.1, -0.05) is 0 Å². The first-order valence-electron chi connectivity index (χ1n) is 9.33. The molecular formula is C18H29N2O4+. The minimum atomic E-state index is -0.293. The van der Waals surface area contributed by atoms with Gasteiger partial charge >= 0.3 is 5.97 Å². The van der Waals surface area contributed by atoms with Gasteiger partial charge in [0.15, 0.2) is 0 Å². The zero-order valence-electron chi connectivity index (χ0n) is 14.7. The van der Waals surface area contributed by atoms with Crippen LogP contribution in [0.1, 0.15) is 51.4 Å². The van der Waals surface area contributed by atoms with Gasteiger partial charge in [0.05, 0.1) is 39.2 Å². The van der Waals surface area contributed by atoms with Gasteiger partial charge in [-0.15, -0.1) is 0 Å². The minimum Gasteiger partial charge on any atom is -0.465 e. The van der Waals surface area contributed by atoms with E-state index in [1.807, 2.05) is 0 Å². The Balaban J connectivity index is 1.45. The fourth-order valence-electron chi connectivity index (χ4n) is 4.78. The first kappa shape index (κ1) is 17.4. The van der Waals surface area contributed by atoms with E-state index in [1.54, 1.807) is 0 Å². The maximum Gasteiger partial charge on any atom is 0.307 e. The summed E-state index contributed by atoms with van der Waals surface area (Å²) in [6.07, 6.45) is 6.80. The van der Waals surface area contributed by atoms with E-state index in [2.05, 4.69) is 7.05 Å². The number of imide groups is 1. The Morgan fingerprint density at radius 1 is 1.12 bits per heavy atom. The number of rotatable bonds is 5. The number of esters is 1. The summed E-state index contributed by atoms with van der Waals surface area (Å²) < 4.78 is 6.65. The van der Waals surface area contributed by atoms with Crippen LogP contribution in [-0.2, 0) is 19.1 Å². The lowest BCUT2D eigenvalue weighted by Gasteiger charge is -2.51. The van der Waals surface area contributed by atoms with Crippen molar-refractivity contribution in [1.82, 2.24) is 4.90 Å². The van der Waals surface area contributed by atoms with Crippen LogP contribution < -0.4 is 0 Å². The first-order chi connectivity index (χ1) is 11.5. The quantitative estimate of drug-likeness (QED) is 0.433. The van der Waals surface area contributed by atoms with Crippen molar-refractivity contribution in [2.75, 3.05) is 33.3 Å². The first-order valence-corrected chi connectivity index (χ1v) is 9.33. The number of nitrogens with zero attached hydrogens (tertiary/aromatic N) is 2. The molecule has 0 saturated carbocycles. The van der Waals surface area contributed by atoms with E-state index >= 15 is 0 Å². The Bertz CT molecular complexity index is 501. The normalized spacial score (nSPS) is 33.5. The fourth-order valence-corrected chi connectivity index (χ4v) is 4.78. The highest BCUT2D eigenvalue weighted by atomic mass is 16.5. The highest BCUT2D eigenvalue weighted by molar-refractivity contribution is 6.02. The predicted octanol–water partition coefficient (Wildman–Crippen LogP) is 1.48. The third-order valence-corrected chi connectivity index (χ3v) is 6.16. The van der Waals surface area contributed by atoms with Crippen LogP contribution in [0.2, 0.25) is 0 Å². The molecule has 0 aliphatic carbocycles. The molecule has 3 heterocycles. The number of amides is 2. The molecule has 2 amide bonds. The Kier molecular flexibility index (Phi) is 5.23. The number of quaternary nitrogens is 1. The van der Waals surface area contributed by atoms with Gasteiger partial charge in [0.25, 0.3) is 0 Å². The molecule has 0 aromatic carbocycles. The van der Waals surface area contributed by atoms with Gasteiger partial charge in [0, 0.05) is 31.7 Å². The summed E-state index contributed by atoms with van der Waals surface area (Å²) in [6, 6.07) is 0.613. The number of carbonyl (C=O) groups excluding carboxylic acids is 3. The Hall–Kier alpha value is -1.43. The van der Waals surface area contributed by atoms with E-state index in [-0.39, 0.29) is 43.6 Å². The van der Waals surface area contributed by atoms with E-state index < -0.39 is 0 Å². The Morgan fingerprint density at radius 2 is 1.83 bits per heavy atom. The van der Waals surface area contributed by atoms with Crippen molar-refractivity contribution in [1.29, 1.82) is 0 Å². The molecule has 0 bridgehead atoms. The molecule has 0 aromatic rings. The Labute approximate surface area is 143 Å². The monoisotopic (exact) mass is 337 g/mol. The maximum absolute atomic E-state index is 12.0. The van der Waals surface area contributed by atoms with Gasteiger partial charge in [-0.05, 0) is 25.7 Å². The second-order valence-corrected chi connectivity index (χ2v) is 7.76. The molecule has 0 aromatic heterocycles. The highest BCUT2D eigenvalue weighted by Gasteiger charge is 2.43. The van der Waals surface area contributed by atoms with Crippen molar-refractivity contribution in [2.45, 2.75) is 57.4 Å². The number of likely N-dealkylation sites (tertiary alicyclic amines) is 1. The zero-order valence-corrected chi connectivity index (χ0v) is 14.7. The number of fused-ring (bicyclic) bond motifs is 1. The number of hydrogen-bond acceptors (Lipinski definition) is 4. The summed E-state index contributed by atoms with van der Waals surface area (Å²) in [6.45, 7) is 3.14. The predicted molar refractivity (Wildman–Crippen MR) is 87.8 cm³/mol. The van der Waals surface area contributed by atoms with Gasteiger partial charge in [-0.2, -0.15) is 0 Å². The van der Waals surface area contributed by atoms with Gasteiger partial charge in [0.2, 0.25) is 11.8 Å². The second kappa shape index (κ2) is 7.21. The fraction of sp³-hybridized carbons (Fsp3) is 0.833. The van der Waals surface area contributed by atoms with Crippen molar-refractivity contribution in [3.63, 3.8) is 0 Å². The lowest BCUT2D eigenvalue weighted by molar-refractivity contribution is -0.947. The molecule has 3 saturated heterocycles. The van der Waals surface area contributed by atoms with Crippen LogP contribution in [-0.4, -0.2) is 66.5 Å². The van der Waals surface area contributed by atoms with E-state index in [0.29, 0.717) is 18.6 Å². The third-order valence-electron chi connectivity index (χ3n) is 6.16. The van der Waals surface area contributed by atoms with Crippen molar-refractivity contribution in [2.24, 2.45) is 5.92 Å². The van der Waals surface area contributed by atoms with Crippen molar-refractivity contribution in [3.05, 3.63) is 0 Å². The molecule has 3 aliphatic heterocycles. The number of piperidine rings is 2. The van der Waals surface area contributed by atoms with Crippen LogP contribution in [0.3, 0.4) is 0 Å². The van der Waals surface area contributed by atoms with Crippen LogP contribution in [0.25, 0.3) is 0 Å². The molecule has 6 heteroatoms. The average molecular weight is 337 g/mol. The zero-order chi connectivity index (χ0) is 17.2. The minimum absolute atomic E-state index is 0.112. The van der Waals surface area contributed by atoms with Crippen LogP contribution in [0.5, 0.6) is 0 Å². The molecule has 134 valence electrons. The average Bonchev–Trinajstić information content (AvgIpc) is 2.88. The number of carbonyl (C=O) groups is 3. The van der Waals surface area contributed by atoms with Crippen molar-refractivity contribution < 1.29 is 23.6 Å². The molecule has 0 spiro atoms. The summed E-state index contributed by atoms with van der Waals surface area (Å²) in [5.41, 5.74) is 0. The van der Waals surface area contributed by atoms with Crippen LogP contribution >= 0.6 is 0 Å². The van der Waals surface area contributed by atoms with E-state index in [4.69, 9.17) is 4.74 Å². The molecule has 6 nitrogen and oxygen atoms in total. The molecule has 3 rings (SSSR count). The largest absolute Gasteiger partial charge is 0.465 e. The van der Waals surface area contributed by atoms with E-state index in [9.17, 15) is 14.4 Å². The van der Waals surface area contributed by atoms with Gasteiger partial charge in [-0.25, -0.2) is 0 Å². The molecule has 24 heavy (non-hydrogen) atoms. The molecular weight excluding hydrogens is 308 g/mol. The lowest BCUT2D eigenvalue weighted by atomic mass is 9.82. The molecule has 0 radical (unpaired) electrons. The summed E-state index contributed by atoms with van der Waals surface area (Å²) in [5, 5.41) is 0. The smallest absolute Gasteiger partial charge is 0.307 e. The SMILES string of the molecule is C[N@+]12CCCC[C@H]1[C@@H](COC(=O)CCN1C(=O)CCC1=O)CCC2. The van der Waals surface area contributed by atoms with Crippen LogP contribution in [0.4, 0.5) is 0 Å². The summed E-state index contributed by atoms with van der Waals surface area (Å²) >= 11 is 0. The van der Waals surface area contributed by atoms with E-state index in [1.165, 1.54) is 43.7 Å². The summed E-state index contributed by atoms with van der Waals surface area (Å²) in [7, 11) is 2.35. The lowest BCUT2D eigenvalue weighted by Crippen LogP contribution is -2.61. The number of hydrogen-bond donors (Lipinski definition) is 0. The standard InChI is InChI=1S/C18H29N2O4/c1-20-11-3-2-6-15(20)14(5-4-12-20)13-24-18(23)9-10-19-16(21)7-8-17(19)22/h14-15H,2-13H2,1H3/q+1/t14-,15+,20-/m1/s1. The van der Waals surface area contributed by atoms with Crippen molar-refractivity contribution in [3.8, 4) is 0 Å². The van der Waals surface area contributed by atoms with Gasteiger partial charge in [-0.3, -0.25) is 19.3 Å². The topological polar surface area (TPSA) is 63.7 Å². The van der Waals surface area contributed by atoms with Crippen molar-refractivity contribution >= 4 is 17.8 Å². The summed E-state index contributed by atoms with van der Waals surface area (Å²) in [4.78, 5) is 36.3. The highest BCUT2D eigenvalue weighted by Crippen LogP contribution is 2.36. The van der Waals surface area contributed by atoms with Crippen LogP contribution in [0.15, 0.2) is 0 Å². The van der Waals surface area contributed by atoms with Gasteiger partial charge < -0.3 is 9.22 Å². The molecule has 3 aliphatic rings. The Morgan fingerprint density at radius 3 is 2.58 bits per heavy atom. The van der Waals surface area contributed by atoms with E-state index in [0.717, 1.165) is 10.9 Å². The van der Waals surface area contributed by atoms with Gasteiger partial charge in [0.1, 0.15) is 0 Å². The molecule has 0 N–H and O–H groups in total. The second-order valence-electron chi connectivity index (χ2n) is 7.76. The maximum atomic E-state index is 12.0. The molecule has 0 unspecified atom stereocenters. The molecule has 3 atom stereocenters.